The lowest BCUT2D eigenvalue weighted by molar-refractivity contribution is 0.139. The molecule has 0 aromatic carbocycles. The molecule has 0 N–H and O–H groups in total. The van der Waals surface area contributed by atoms with E-state index >= 15 is 0 Å². The second-order valence-corrected chi connectivity index (χ2v) is 5.29. The van der Waals surface area contributed by atoms with E-state index in [2.05, 4.69) is 37.6 Å². The summed E-state index contributed by atoms with van der Waals surface area (Å²) in [5.74, 6) is 0.218. The molecule has 1 heterocycles. The van der Waals surface area contributed by atoms with E-state index in [0.717, 1.165) is 12.7 Å². The normalized spacial score (nSPS) is 11.6. The van der Waals surface area contributed by atoms with Gasteiger partial charge in [0, 0.05) is 24.2 Å². The molecule has 0 saturated carbocycles. The number of rotatable bonds is 7. The van der Waals surface area contributed by atoms with Crippen molar-refractivity contribution in [3.05, 3.63) is 23.6 Å². The Morgan fingerprint density at radius 3 is 2.47 bits per heavy atom. The second kappa shape index (κ2) is 7.65. The van der Waals surface area contributed by atoms with Crippen LogP contribution in [0.1, 0.15) is 33.3 Å². The zero-order valence-corrected chi connectivity index (χ0v) is 12.7. The van der Waals surface area contributed by atoms with Gasteiger partial charge in [0.15, 0.2) is 0 Å². The van der Waals surface area contributed by atoms with Gasteiger partial charge < -0.3 is 4.74 Å². The van der Waals surface area contributed by atoms with Crippen LogP contribution in [0, 0.1) is 5.82 Å². The first-order valence-corrected chi connectivity index (χ1v) is 7.08. The molecule has 1 aromatic rings. The number of hydrogen-bond donors (Lipinski definition) is 0. The predicted molar refractivity (Wildman–Crippen MR) is 76.2 cm³/mol. The predicted octanol–water partition coefficient (Wildman–Crippen LogP) is 3.46. The summed E-state index contributed by atoms with van der Waals surface area (Å²) >= 11 is 5.75. The van der Waals surface area contributed by atoms with Crippen LogP contribution in [0.3, 0.4) is 0 Å². The van der Waals surface area contributed by atoms with Gasteiger partial charge in [0.2, 0.25) is 5.88 Å². The van der Waals surface area contributed by atoms with Crippen molar-refractivity contribution in [3.8, 4) is 5.88 Å². The Kier molecular flexibility index (Phi) is 6.52. The molecule has 1 rings (SSSR count). The van der Waals surface area contributed by atoms with E-state index in [1.54, 1.807) is 0 Å². The maximum Gasteiger partial charge on any atom is 0.217 e. The average molecular weight is 289 g/mol. The van der Waals surface area contributed by atoms with E-state index in [-0.39, 0.29) is 5.88 Å². The van der Waals surface area contributed by atoms with E-state index in [1.807, 2.05) is 0 Å². The number of pyridine rings is 1. The van der Waals surface area contributed by atoms with E-state index in [9.17, 15) is 4.39 Å². The molecule has 0 amide bonds. The molecule has 3 nitrogen and oxygen atoms in total. The van der Waals surface area contributed by atoms with Gasteiger partial charge in [-0.05, 0) is 33.8 Å². The summed E-state index contributed by atoms with van der Waals surface area (Å²) < 4.78 is 18.6. The van der Waals surface area contributed by atoms with Crippen LogP contribution in [0.15, 0.2) is 12.3 Å². The molecule has 19 heavy (non-hydrogen) atoms. The van der Waals surface area contributed by atoms with E-state index < -0.39 is 5.82 Å². The monoisotopic (exact) mass is 288 g/mol. The molecule has 5 heteroatoms. The van der Waals surface area contributed by atoms with Crippen LogP contribution in [0.25, 0.3) is 0 Å². The Bertz CT molecular complexity index is 391. The Balaban J connectivity index is 2.57. The number of alkyl halides is 1. The summed E-state index contributed by atoms with van der Waals surface area (Å²) in [7, 11) is 0. The lowest BCUT2D eigenvalue weighted by atomic mass is 10.2. The minimum absolute atomic E-state index is 0.193. The summed E-state index contributed by atoms with van der Waals surface area (Å²) in [5, 5.41) is 0. The maximum atomic E-state index is 13.0. The van der Waals surface area contributed by atoms with Gasteiger partial charge in [0.05, 0.1) is 12.1 Å². The molecule has 0 bridgehead atoms. The first-order chi connectivity index (χ1) is 8.95. The lowest BCUT2D eigenvalue weighted by Gasteiger charge is -2.30. The van der Waals surface area contributed by atoms with Crippen molar-refractivity contribution in [3.63, 3.8) is 0 Å². The molecule has 1 aromatic heterocycles. The van der Waals surface area contributed by atoms with Crippen LogP contribution in [0.2, 0.25) is 0 Å². The smallest absolute Gasteiger partial charge is 0.217 e. The number of ether oxygens (including phenoxy) is 1. The fourth-order valence-corrected chi connectivity index (χ4v) is 2.25. The van der Waals surface area contributed by atoms with Gasteiger partial charge in [-0.2, -0.15) is 0 Å². The van der Waals surface area contributed by atoms with E-state index in [1.165, 1.54) is 6.07 Å². The molecule has 0 spiro atoms. The maximum absolute atomic E-state index is 13.0. The van der Waals surface area contributed by atoms with Crippen LogP contribution >= 0.6 is 11.6 Å². The first-order valence-electron chi connectivity index (χ1n) is 6.54. The van der Waals surface area contributed by atoms with Gasteiger partial charge in [0.25, 0.3) is 0 Å². The third-order valence-electron chi connectivity index (χ3n) is 2.95. The molecule has 0 fully saturated rings. The number of hydrogen-bond acceptors (Lipinski definition) is 3. The highest BCUT2D eigenvalue weighted by atomic mass is 35.5. The molecule has 0 unspecified atom stereocenters. The van der Waals surface area contributed by atoms with Gasteiger partial charge in [-0.15, -0.1) is 11.6 Å². The number of aromatic nitrogens is 1. The van der Waals surface area contributed by atoms with Gasteiger partial charge in [-0.25, -0.2) is 9.37 Å². The van der Waals surface area contributed by atoms with Crippen molar-refractivity contribution in [1.29, 1.82) is 0 Å². The van der Waals surface area contributed by atoms with Crippen LogP contribution < -0.4 is 4.74 Å². The Morgan fingerprint density at radius 1 is 1.32 bits per heavy atom. The molecule has 0 aliphatic rings. The minimum atomic E-state index is -0.394. The molecule has 0 saturated heterocycles. The van der Waals surface area contributed by atoms with Gasteiger partial charge in [-0.1, -0.05) is 0 Å². The van der Waals surface area contributed by atoms with Crippen molar-refractivity contribution >= 4 is 11.6 Å². The first kappa shape index (κ1) is 16.2. The zero-order valence-electron chi connectivity index (χ0n) is 12.0. The van der Waals surface area contributed by atoms with Gasteiger partial charge in [-0.3, -0.25) is 4.90 Å². The third kappa shape index (κ3) is 4.96. The molecule has 108 valence electrons. The van der Waals surface area contributed by atoms with Crippen molar-refractivity contribution in [2.45, 2.75) is 45.7 Å². The quantitative estimate of drug-likeness (QED) is 0.719. The molecular formula is C14H22ClFN2O. The van der Waals surface area contributed by atoms with Crippen LogP contribution in [0.5, 0.6) is 5.88 Å². The summed E-state index contributed by atoms with van der Waals surface area (Å²) in [6, 6.07) is 2.27. The largest absolute Gasteiger partial charge is 0.476 e. The van der Waals surface area contributed by atoms with Crippen LogP contribution in [-0.4, -0.2) is 35.1 Å². The average Bonchev–Trinajstić information content (AvgIpc) is 2.34. The third-order valence-corrected chi connectivity index (χ3v) is 3.24. The fourth-order valence-electron chi connectivity index (χ4n) is 2.05. The van der Waals surface area contributed by atoms with Crippen molar-refractivity contribution in [2.75, 3.05) is 13.2 Å². The Labute approximate surface area is 119 Å². The summed E-state index contributed by atoms with van der Waals surface area (Å²) in [6.07, 6.45) is 1.15. The molecular weight excluding hydrogens is 267 g/mol. The molecule has 0 aliphatic carbocycles. The fraction of sp³-hybridized carbons (Fsp3) is 0.643. The topological polar surface area (TPSA) is 25.4 Å². The standard InChI is InChI=1S/C14H22ClFN2O/c1-10(2)18(11(3)4)5-6-19-14-12(8-15)7-13(16)9-17-14/h7,9-11H,5-6,8H2,1-4H3. The Morgan fingerprint density at radius 2 is 1.95 bits per heavy atom. The van der Waals surface area contributed by atoms with Crippen LogP contribution in [-0.2, 0) is 5.88 Å². The van der Waals surface area contributed by atoms with Crippen molar-refractivity contribution < 1.29 is 9.13 Å². The summed E-state index contributed by atoms with van der Waals surface area (Å²) in [5.41, 5.74) is 0.585. The van der Waals surface area contributed by atoms with E-state index in [0.29, 0.717) is 30.1 Å². The number of halogens is 2. The highest BCUT2D eigenvalue weighted by molar-refractivity contribution is 6.17. The zero-order chi connectivity index (χ0) is 14.4. The molecule has 0 atom stereocenters. The summed E-state index contributed by atoms with van der Waals surface area (Å²) in [6.45, 7) is 9.93. The summed E-state index contributed by atoms with van der Waals surface area (Å²) in [4.78, 5) is 6.26. The lowest BCUT2D eigenvalue weighted by Crippen LogP contribution is -2.39. The highest BCUT2D eigenvalue weighted by Gasteiger charge is 2.13. The van der Waals surface area contributed by atoms with Crippen molar-refractivity contribution in [2.24, 2.45) is 0 Å². The molecule has 0 aliphatic heterocycles. The minimum Gasteiger partial charge on any atom is -0.476 e. The highest BCUT2D eigenvalue weighted by Crippen LogP contribution is 2.18. The van der Waals surface area contributed by atoms with E-state index in [4.69, 9.17) is 16.3 Å². The van der Waals surface area contributed by atoms with Gasteiger partial charge in [0.1, 0.15) is 12.4 Å². The number of nitrogens with zero attached hydrogens (tertiary/aromatic N) is 2. The van der Waals surface area contributed by atoms with Crippen LogP contribution in [0.4, 0.5) is 4.39 Å². The van der Waals surface area contributed by atoms with Gasteiger partial charge >= 0.3 is 0 Å². The Hall–Kier alpha value is -0.870. The SMILES string of the molecule is CC(C)N(CCOc1ncc(F)cc1CCl)C(C)C. The van der Waals surface area contributed by atoms with Crippen molar-refractivity contribution in [1.82, 2.24) is 9.88 Å². The second-order valence-electron chi connectivity index (χ2n) is 5.03. The molecule has 0 radical (unpaired) electrons.